The Kier molecular flexibility index (Phi) is 2.89. The van der Waals surface area contributed by atoms with Crippen LogP contribution in [0.4, 0.5) is 24.5 Å². The Morgan fingerprint density at radius 2 is 1.93 bits per heavy atom. The van der Waals surface area contributed by atoms with Gasteiger partial charge in [-0.05, 0) is 12.1 Å². The number of hydrogen-bond acceptors (Lipinski definition) is 3. The van der Waals surface area contributed by atoms with Gasteiger partial charge < -0.3 is 5.73 Å². The van der Waals surface area contributed by atoms with Gasteiger partial charge in [0.2, 0.25) is 0 Å². The molecule has 0 radical (unpaired) electrons. The van der Waals surface area contributed by atoms with Crippen LogP contribution < -0.4 is 5.73 Å². The highest BCUT2D eigenvalue weighted by molar-refractivity contribution is 9.10. The number of nitrogen functional groups attached to an aromatic ring is 1. The Bertz CT molecular complexity index is 419. The van der Waals surface area contributed by atoms with Gasteiger partial charge >= 0.3 is 11.9 Å². The van der Waals surface area contributed by atoms with Crippen LogP contribution in [0, 0.1) is 10.1 Å². The molecule has 1 aromatic rings. The van der Waals surface area contributed by atoms with Crippen molar-refractivity contribution in [3.63, 3.8) is 0 Å². The molecule has 2 N–H and O–H groups in total. The molecule has 0 spiro atoms. The summed E-state index contributed by atoms with van der Waals surface area (Å²) in [7, 11) is 0. The first-order valence-corrected chi connectivity index (χ1v) is 4.33. The molecule has 0 heterocycles. The zero-order valence-electron chi connectivity index (χ0n) is 7.01. The molecule has 1 rings (SSSR count). The number of hydrogen-bond donors (Lipinski definition) is 1. The molecule has 0 aromatic heterocycles. The van der Waals surface area contributed by atoms with E-state index in [9.17, 15) is 23.3 Å². The van der Waals surface area contributed by atoms with Crippen molar-refractivity contribution in [2.24, 2.45) is 0 Å². The van der Waals surface area contributed by atoms with Crippen LogP contribution in [-0.2, 0) is 6.18 Å². The fourth-order valence-electron chi connectivity index (χ4n) is 1.04. The highest BCUT2D eigenvalue weighted by Crippen LogP contribution is 2.40. The monoisotopic (exact) mass is 284 g/mol. The molecule has 0 aliphatic carbocycles. The minimum Gasteiger partial charge on any atom is -0.393 e. The lowest BCUT2D eigenvalue weighted by Crippen LogP contribution is -2.10. The number of nitro groups is 1. The maximum absolute atomic E-state index is 12.4. The predicted molar refractivity (Wildman–Crippen MR) is 50.2 cm³/mol. The molecule has 15 heavy (non-hydrogen) atoms. The van der Waals surface area contributed by atoms with E-state index in [2.05, 4.69) is 15.9 Å². The Morgan fingerprint density at radius 1 is 1.40 bits per heavy atom. The maximum Gasteiger partial charge on any atom is 0.423 e. The van der Waals surface area contributed by atoms with Crippen LogP contribution in [0.15, 0.2) is 16.6 Å². The number of halogens is 4. The summed E-state index contributed by atoms with van der Waals surface area (Å²) in [5.41, 5.74) is 2.14. The van der Waals surface area contributed by atoms with Gasteiger partial charge in [-0.1, -0.05) is 15.9 Å². The summed E-state index contributed by atoms with van der Waals surface area (Å²) in [6.45, 7) is 0. The number of rotatable bonds is 1. The Hall–Kier alpha value is -1.31. The molecule has 4 nitrogen and oxygen atoms in total. The van der Waals surface area contributed by atoms with Gasteiger partial charge in [0.1, 0.15) is 11.3 Å². The van der Waals surface area contributed by atoms with Crippen LogP contribution >= 0.6 is 15.9 Å². The van der Waals surface area contributed by atoms with E-state index in [1.54, 1.807) is 0 Å². The van der Waals surface area contributed by atoms with Gasteiger partial charge in [0.05, 0.1) is 4.92 Å². The molecule has 0 aliphatic heterocycles. The molecule has 1 aromatic carbocycles. The fraction of sp³-hybridized carbons (Fsp3) is 0.143. The number of nitrogens with zero attached hydrogens (tertiary/aromatic N) is 1. The van der Waals surface area contributed by atoms with Gasteiger partial charge in [0.25, 0.3) is 0 Å². The fourth-order valence-corrected chi connectivity index (χ4v) is 1.52. The first-order valence-electron chi connectivity index (χ1n) is 3.54. The Morgan fingerprint density at radius 3 is 2.33 bits per heavy atom. The third-order valence-corrected chi connectivity index (χ3v) is 2.05. The summed E-state index contributed by atoms with van der Waals surface area (Å²) in [6, 6.07) is 1.67. The summed E-state index contributed by atoms with van der Waals surface area (Å²) < 4.78 is 37.2. The van der Waals surface area contributed by atoms with Gasteiger partial charge in [0.15, 0.2) is 0 Å². The van der Waals surface area contributed by atoms with Gasteiger partial charge in [-0.15, -0.1) is 0 Å². The molecular weight excluding hydrogens is 281 g/mol. The zero-order valence-corrected chi connectivity index (χ0v) is 8.59. The van der Waals surface area contributed by atoms with Crippen LogP contribution in [0.2, 0.25) is 0 Å². The van der Waals surface area contributed by atoms with Crippen LogP contribution in [0.3, 0.4) is 0 Å². The highest BCUT2D eigenvalue weighted by atomic mass is 79.9. The lowest BCUT2D eigenvalue weighted by Gasteiger charge is -2.09. The number of benzene rings is 1. The van der Waals surface area contributed by atoms with Crippen LogP contribution in [-0.4, -0.2) is 4.92 Å². The standard InChI is InChI=1S/C7H4BrF3N2O2/c8-3-1-4(7(9,10)11)6(13(14)15)5(12)2-3/h1-2H,12H2. The van der Waals surface area contributed by atoms with Crippen molar-refractivity contribution >= 4 is 27.3 Å². The second-order valence-electron chi connectivity index (χ2n) is 2.65. The number of alkyl halides is 3. The van der Waals surface area contributed by atoms with Crippen LogP contribution in [0.25, 0.3) is 0 Å². The summed E-state index contributed by atoms with van der Waals surface area (Å²) in [5, 5.41) is 10.4. The summed E-state index contributed by atoms with van der Waals surface area (Å²) in [5.74, 6) is 0. The van der Waals surface area contributed by atoms with Crippen molar-refractivity contribution in [1.82, 2.24) is 0 Å². The molecule has 0 unspecified atom stereocenters. The van der Waals surface area contributed by atoms with E-state index >= 15 is 0 Å². The molecule has 8 heteroatoms. The van der Waals surface area contributed by atoms with Crippen molar-refractivity contribution in [2.75, 3.05) is 5.73 Å². The lowest BCUT2D eigenvalue weighted by atomic mass is 10.1. The molecule has 0 saturated carbocycles. The molecule has 82 valence electrons. The van der Waals surface area contributed by atoms with Crippen molar-refractivity contribution in [3.8, 4) is 0 Å². The van der Waals surface area contributed by atoms with Gasteiger partial charge in [0, 0.05) is 4.47 Å². The van der Waals surface area contributed by atoms with E-state index in [4.69, 9.17) is 5.73 Å². The van der Waals surface area contributed by atoms with E-state index in [-0.39, 0.29) is 4.47 Å². The number of nitrogens with two attached hydrogens (primary N) is 1. The lowest BCUT2D eigenvalue weighted by molar-refractivity contribution is -0.387. The maximum atomic E-state index is 12.4. The highest BCUT2D eigenvalue weighted by Gasteiger charge is 2.39. The van der Waals surface area contributed by atoms with E-state index in [0.717, 1.165) is 6.07 Å². The van der Waals surface area contributed by atoms with Crippen LogP contribution in [0.1, 0.15) is 5.56 Å². The Labute approximate surface area is 90.2 Å². The van der Waals surface area contributed by atoms with Gasteiger partial charge in [-0.2, -0.15) is 13.2 Å². The second kappa shape index (κ2) is 3.69. The quantitative estimate of drug-likeness (QED) is 0.490. The van der Waals surface area contributed by atoms with E-state index in [0.29, 0.717) is 6.07 Å². The molecule has 0 amide bonds. The predicted octanol–water partition coefficient (Wildman–Crippen LogP) is 2.96. The molecule has 0 fully saturated rings. The minimum absolute atomic E-state index is 0.0397. The SMILES string of the molecule is Nc1cc(Br)cc(C(F)(F)F)c1[N+](=O)[O-]. The Balaban J connectivity index is 3.54. The van der Waals surface area contributed by atoms with Crippen molar-refractivity contribution in [2.45, 2.75) is 6.18 Å². The van der Waals surface area contributed by atoms with Gasteiger partial charge in [-0.25, -0.2) is 0 Å². The smallest absolute Gasteiger partial charge is 0.393 e. The van der Waals surface area contributed by atoms with Crippen molar-refractivity contribution in [3.05, 3.63) is 32.3 Å². The molecular formula is C7H4BrF3N2O2. The molecule has 0 bridgehead atoms. The zero-order chi connectivity index (χ0) is 11.8. The second-order valence-corrected chi connectivity index (χ2v) is 3.56. The van der Waals surface area contributed by atoms with E-state index < -0.39 is 28.0 Å². The van der Waals surface area contributed by atoms with Crippen molar-refractivity contribution in [1.29, 1.82) is 0 Å². The molecule has 0 saturated heterocycles. The van der Waals surface area contributed by atoms with Crippen molar-refractivity contribution < 1.29 is 18.1 Å². The third kappa shape index (κ3) is 2.38. The van der Waals surface area contributed by atoms with Gasteiger partial charge in [-0.3, -0.25) is 10.1 Å². The molecule has 0 aliphatic rings. The first kappa shape index (κ1) is 11.8. The summed E-state index contributed by atoms with van der Waals surface area (Å²) in [4.78, 5) is 9.26. The van der Waals surface area contributed by atoms with E-state index in [1.165, 1.54) is 0 Å². The minimum atomic E-state index is -4.81. The topological polar surface area (TPSA) is 69.2 Å². The third-order valence-electron chi connectivity index (χ3n) is 1.59. The molecule has 0 atom stereocenters. The summed E-state index contributed by atoms with van der Waals surface area (Å²) >= 11 is 2.79. The number of anilines is 1. The average Bonchev–Trinajstić information content (AvgIpc) is 1.99. The largest absolute Gasteiger partial charge is 0.423 e. The number of nitro benzene ring substituents is 1. The normalized spacial score (nSPS) is 11.5. The van der Waals surface area contributed by atoms with E-state index in [1.807, 2.05) is 0 Å². The average molecular weight is 285 g/mol. The van der Waals surface area contributed by atoms with Crippen LogP contribution in [0.5, 0.6) is 0 Å². The summed E-state index contributed by atoms with van der Waals surface area (Å²) in [6.07, 6.45) is -4.81. The first-order chi connectivity index (χ1) is 6.73.